The summed E-state index contributed by atoms with van der Waals surface area (Å²) in [5.74, 6) is 1.24. The Morgan fingerprint density at radius 3 is 2.68 bits per heavy atom. The highest BCUT2D eigenvalue weighted by Gasteiger charge is 2.11. The Morgan fingerprint density at radius 2 is 2.09 bits per heavy atom. The number of nitrogens with two attached hydrogens (primary N) is 1. The molecule has 1 amide bonds. The first kappa shape index (κ1) is 20.7. The Balaban J connectivity index is 0.00000441. The molecule has 0 aromatic heterocycles. The number of carbonyl (C=O) groups excluding carboxylic acids is 1. The van der Waals surface area contributed by atoms with Gasteiger partial charge in [0.1, 0.15) is 5.75 Å². The monoisotopic (exact) mass is 330 g/mol. The third-order valence-electron chi connectivity index (χ3n) is 2.98. The molecule has 3 N–H and O–H groups in total. The fourth-order valence-electron chi connectivity index (χ4n) is 1.75. The van der Waals surface area contributed by atoms with Gasteiger partial charge >= 0.3 is 0 Å². The number of benzene rings is 1. The zero-order valence-electron chi connectivity index (χ0n) is 13.5. The lowest BCUT2D eigenvalue weighted by Gasteiger charge is -2.13. The maximum absolute atomic E-state index is 11.8. The van der Waals surface area contributed by atoms with Crippen molar-refractivity contribution in [2.75, 3.05) is 20.3 Å². The number of amides is 1. The highest BCUT2D eigenvalue weighted by atomic mass is 35.5. The van der Waals surface area contributed by atoms with Gasteiger partial charge in [-0.3, -0.25) is 4.79 Å². The molecule has 0 heterocycles. The van der Waals surface area contributed by atoms with Crippen LogP contribution >= 0.6 is 12.4 Å². The summed E-state index contributed by atoms with van der Waals surface area (Å²) in [5, 5.41) is 2.86. The maximum atomic E-state index is 11.8. The van der Waals surface area contributed by atoms with Crippen LogP contribution in [0.1, 0.15) is 25.8 Å². The summed E-state index contributed by atoms with van der Waals surface area (Å²) in [6.07, 6.45) is 0.0435. The number of carbonyl (C=O) groups is 1. The molecule has 0 aliphatic heterocycles. The van der Waals surface area contributed by atoms with Gasteiger partial charge in [-0.15, -0.1) is 12.4 Å². The van der Waals surface area contributed by atoms with Crippen molar-refractivity contribution in [3.63, 3.8) is 0 Å². The molecular formula is C16H27ClN2O3. The third-order valence-corrected chi connectivity index (χ3v) is 2.98. The third kappa shape index (κ3) is 8.22. The van der Waals surface area contributed by atoms with E-state index in [9.17, 15) is 4.79 Å². The van der Waals surface area contributed by atoms with E-state index in [1.165, 1.54) is 0 Å². The van der Waals surface area contributed by atoms with Crippen molar-refractivity contribution in [1.82, 2.24) is 5.32 Å². The molecule has 1 aromatic rings. The zero-order valence-corrected chi connectivity index (χ0v) is 14.3. The number of methoxy groups -OCH3 is 1. The summed E-state index contributed by atoms with van der Waals surface area (Å²) in [5.41, 5.74) is 6.50. The van der Waals surface area contributed by atoms with Gasteiger partial charge in [-0.1, -0.05) is 26.0 Å². The second-order valence-corrected chi connectivity index (χ2v) is 5.43. The van der Waals surface area contributed by atoms with E-state index in [0.29, 0.717) is 25.6 Å². The Kier molecular flexibility index (Phi) is 10.6. The molecule has 0 saturated carbocycles. The summed E-state index contributed by atoms with van der Waals surface area (Å²) in [6, 6.07) is 7.75. The number of nitrogens with one attached hydrogen (secondary N) is 1. The van der Waals surface area contributed by atoms with Crippen LogP contribution < -0.4 is 15.8 Å². The van der Waals surface area contributed by atoms with E-state index >= 15 is 0 Å². The van der Waals surface area contributed by atoms with E-state index in [2.05, 4.69) is 19.2 Å². The van der Waals surface area contributed by atoms with E-state index in [1.54, 1.807) is 7.11 Å². The molecule has 6 heteroatoms. The number of ether oxygens (including phenoxy) is 2. The van der Waals surface area contributed by atoms with Crippen LogP contribution in [0.3, 0.4) is 0 Å². The van der Waals surface area contributed by atoms with Crippen molar-refractivity contribution in [3.05, 3.63) is 29.8 Å². The van der Waals surface area contributed by atoms with E-state index < -0.39 is 0 Å². The van der Waals surface area contributed by atoms with Crippen molar-refractivity contribution < 1.29 is 14.3 Å². The molecule has 0 fully saturated rings. The van der Waals surface area contributed by atoms with Crippen molar-refractivity contribution in [2.45, 2.75) is 32.9 Å². The minimum absolute atomic E-state index is 0. The Bertz CT molecular complexity index is 437. The summed E-state index contributed by atoms with van der Waals surface area (Å²) in [4.78, 5) is 11.8. The molecule has 0 spiro atoms. The first-order valence-electron chi connectivity index (χ1n) is 7.26. The molecule has 1 aromatic carbocycles. The smallest absolute Gasteiger partial charge is 0.222 e. The van der Waals surface area contributed by atoms with Crippen molar-refractivity contribution in [3.8, 4) is 5.75 Å². The normalized spacial score (nSPS) is 11.7. The van der Waals surface area contributed by atoms with Gasteiger partial charge in [0.15, 0.2) is 0 Å². The lowest BCUT2D eigenvalue weighted by molar-refractivity contribution is -0.123. The van der Waals surface area contributed by atoms with Gasteiger partial charge in [0.2, 0.25) is 5.91 Å². The highest BCUT2D eigenvalue weighted by molar-refractivity contribution is 5.85. The molecule has 0 aliphatic rings. The predicted octanol–water partition coefficient (Wildman–Crippen LogP) is 2.12. The first-order chi connectivity index (χ1) is 10.0. The Morgan fingerprint density at radius 1 is 1.36 bits per heavy atom. The average Bonchev–Trinajstić information content (AvgIpc) is 2.49. The lowest BCUT2D eigenvalue weighted by Crippen LogP contribution is -2.31. The van der Waals surface area contributed by atoms with Gasteiger partial charge in [-0.25, -0.2) is 0 Å². The molecule has 1 atom stereocenters. The number of halogens is 1. The fourth-order valence-corrected chi connectivity index (χ4v) is 1.75. The van der Waals surface area contributed by atoms with E-state index in [4.69, 9.17) is 15.2 Å². The molecule has 1 unspecified atom stereocenters. The summed E-state index contributed by atoms with van der Waals surface area (Å²) in [6.45, 7) is 5.70. The molecule has 0 saturated heterocycles. The number of hydrogen-bond acceptors (Lipinski definition) is 4. The van der Waals surface area contributed by atoms with E-state index in [0.717, 1.165) is 11.3 Å². The number of rotatable bonds is 9. The molecule has 1 rings (SSSR count). The van der Waals surface area contributed by atoms with Crippen molar-refractivity contribution in [1.29, 1.82) is 0 Å². The van der Waals surface area contributed by atoms with Gasteiger partial charge in [0, 0.05) is 20.2 Å². The minimum atomic E-state index is -0.231. The van der Waals surface area contributed by atoms with Gasteiger partial charge in [-0.2, -0.15) is 0 Å². The molecule has 0 aliphatic carbocycles. The quantitative estimate of drug-likeness (QED) is 0.727. The zero-order chi connectivity index (χ0) is 15.7. The van der Waals surface area contributed by atoms with Gasteiger partial charge in [-0.05, 0) is 23.6 Å². The molecular weight excluding hydrogens is 304 g/mol. The fraction of sp³-hybridized carbons (Fsp3) is 0.562. The molecule has 0 bridgehead atoms. The average molecular weight is 331 g/mol. The summed E-state index contributed by atoms with van der Waals surface area (Å²) in [7, 11) is 1.56. The van der Waals surface area contributed by atoms with Crippen molar-refractivity contribution in [2.24, 2.45) is 11.7 Å². The molecule has 22 heavy (non-hydrogen) atoms. The van der Waals surface area contributed by atoms with Crippen LogP contribution in [0, 0.1) is 5.92 Å². The predicted molar refractivity (Wildman–Crippen MR) is 90.3 cm³/mol. The van der Waals surface area contributed by atoms with Gasteiger partial charge in [0.25, 0.3) is 0 Å². The largest absolute Gasteiger partial charge is 0.493 e. The summed E-state index contributed by atoms with van der Waals surface area (Å²) < 4.78 is 10.8. The second-order valence-electron chi connectivity index (χ2n) is 5.43. The van der Waals surface area contributed by atoms with Gasteiger partial charge < -0.3 is 20.5 Å². The second kappa shape index (κ2) is 11.3. The summed E-state index contributed by atoms with van der Waals surface area (Å²) >= 11 is 0. The van der Waals surface area contributed by atoms with Gasteiger partial charge in [0.05, 0.1) is 19.1 Å². The Hall–Kier alpha value is -1.30. The Labute approximate surface area is 139 Å². The van der Waals surface area contributed by atoms with E-state index in [-0.39, 0.29) is 30.8 Å². The van der Waals surface area contributed by atoms with Crippen LogP contribution in [0.4, 0.5) is 0 Å². The van der Waals surface area contributed by atoms with Crippen LogP contribution in [0.15, 0.2) is 24.3 Å². The minimum Gasteiger partial charge on any atom is -0.493 e. The van der Waals surface area contributed by atoms with Crippen LogP contribution in [0.2, 0.25) is 0 Å². The lowest BCUT2D eigenvalue weighted by atomic mass is 10.2. The highest BCUT2D eigenvalue weighted by Crippen LogP contribution is 2.14. The molecule has 126 valence electrons. The molecule has 0 radical (unpaired) electrons. The van der Waals surface area contributed by atoms with Crippen LogP contribution in [-0.4, -0.2) is 32.3 Å². The topological polar surface area (TPSA) is 73.6 Å². The van der Waals surface area contributed by atoms with Crippen LogP contribution in [0.5, 0.6) is 5.75 Å². The SMILES string of the molecule is COC(CN)CC(=O)NCc1cccc(OCC(C)C)c1.Cl. The van der Waals surface area contributed by atoms with E-state index in [1.807, 2.05) is 24.3 Å². The van der Waals surface area contributed by atoms with Crippen LogP contribution in [-0.2, 0) is 16.1 Å². The standard InChI is InChI=1S/C16H26N2O3.ClH/c1-12(2)11-21-14-6-4-5-13(7-14)10-18-16(19)8-15(9-17)20-3;/h4-7,12,15H,8-11,17H2,1-3H3,(H,18,19);1H. The van der Waals surface area contributed by atoms with Crippen LogP contribution in [0.25, 0.3) is 0 Å². The number of hydrogen-bond donors (Lipinski definition) is 2. The van der Waals surface area contributed by atoms with Crippen molar-refractivity contribution >= 4 is 18.3 Å². The maximum Gasteiger partial charge on any atom is 0.222 e. The first-order valence-corrected chi connectivity index (χ1v) is 7.26. The molecule has 5 nitrogen and oxygen atoms in total.